The predicted molar refractivity (Wildman–Crippen MR) is 140 cm³/mol. The van der Waals surface area contributed by atoms with Gasteiger partial charge in [-0.3, -0.25) is 4.79 Å². The van der Waals surface area contributed by atoms with Gasteiger partial charge in [0.25, 0.3) is 5.91 Å². The molecule has 0 spiro atoms. The minimum Gasteiger partial charge on any atom is -0.462 e. The maximum atomic E-state index is 14.1. The molecule has 2 aliphatic rings. The van der Waals surface area contributed by atoms with Crippen LogP contribution in [0.25, 0.3) is 0 Å². The molecular formula is C25H23Cl2F3N4O3S. The van der Waals surface area contributed by atoms with Gasteiger partial charge in [-0.2, -0.15) is 18.3 Å². The second-order valence-corrected chi connectivity index (χ2v) is 11.0. The van der Waals surface area contributed by atoms with Crippen molar-refractivity contribution in [3.05, 3.63) is 61.6 Å². The summed E-state index contributed by atoms with van der Waals surface area (Å²) < 4.78 is 48.2. The molecular weight excluding hydrogens is 564 g/mol. The second kappa shape index (κ2) is 10.4. The van der Waals surface area contributed by atoms with Crippen molar-refractivity contribution in [1.29, 1.82) is 0 Å². The number of hydrogen-bond acceptors (Lipinski definition) is 6. The number of rotatable bonds is 5. The Bertz CT molecular complexity index is 1390. The summed E-state index contributed by atoms with van der Waals surface area (Å²) >= 11 is 13.7. The van der Waals surface area contributed by atoms with Crippen LogP contribution >= 0.6 is 34.5 Å². The van der Waals surface area contributed by atoms with Gasteiger partial charge in [0.2, 0.25) is 0 Å². The highest BCUT2D eigenvalue weighted by atomic mass is 35.5. The lowest BCUT2D eigenvalue weighted by Crippen LogP contribution is -2.35. The third-order valence-corrected chi connectivity index (χ3v) is 8.48. The zero-order valence-corrected chi connectivity index (χ0v) is 22.5. The second-order valence-electron chi connectivity index (χ2n) is 9.09. The van der Waals surface area contributed by atoms with Crippen LogP contribution in [-0.4, -0.2) is 34.4 Å². The molecule has 202 valence electrons. The first-order chi connectivity index (χ1) is 18.1. The molecule has 3 aromatic rings. The first-order valence-electron chi connectivity index (χ1n) is 12.1. The highest BCUT2D eigenvalue weighted by Gasteiger charge is 2.48. The molecule has 2 atom stereocenters. The average molecular weight is 587 g/mol. The van der Waals surface area contributed by atoms with Crippen LogP contribution in [0.3, 0.4) is 0 Å². The van der Waals surface area contributed by atoms with Crippen LogP contribution in [-0.2, 0) is 17.6 Å². The van der Waals surface area contributed by atoms with E-state index in [0.717, 1.165) is 34.4 Å². The molecule has 2 N–H and O–H groups in total. The van der Waals surface area contributed by atoms with Crippen LogP contribution in [0, 0.1) is 0 Å². The van der Waals surface area contributed by atoms with E-state index in [-0.39, 0.29) is 40.1 Å². The minimum atomic E-state index is -4.64. The molecule has 0 bridgehead atoms. The number of alkyl halides is 3. The molecule has 0 unspecified atom stereocenters. The van der Waals surface area contributed by atoms with Crippen LogP contribution in [0.1, 0.15) is 75.1 Å². The fourth-order valence-electron chi connectivity index (χ4n) is 4.88. The van der Waals surface area contributed by atoms with Gasteiger partial charge in [-0.15, -0.1) is 11.3 Å². The van der Waals surface area contributed by atoms with Gasteiger partial charge in [0.1, 0.15) is 15.8 Å². The van der Waals surface area contributed by atoms with E-state index in [0.29, 0.717) is 17.0 Å². The normalized spacial score (nSPS) is 18.8. The number of benzene rings is 1. The number of aryl methyl sites for hydroxylation is 1. The fourth-order valence-corrected chi connectivity index (χ4v) is 6.55. The van der Waals surface area contributed by atoms with Gasteiger partial charge in [-0.05, 0) is 55.9 Å². The molecule has 5 rings (SSSR count). The first-order valence-corrected chi connectivity index (χ1v) is 13.7. The van der Waals surface area contributed by atoms with E-state index in [2.05, 4.69) is 15.7 Å². The number of esters is 1. The van der Waals surface area contributed by atoms with Gasteiger partial charge in [0.15, 0.2) is 11.7 Å². The number of nitrogens with zero attached hydrogens (tertiary/aromatic N) is 2. The monoisotopic (exact) mass is 586 g/mol. The van der Waals surface area contributed by atoms with Crippen molar-refractivity contribution in [3.8, 4) is 0 Å². The topological polar surface area (TPSA) is 85.2 Å². The lowest BCUT2D eigenvalue weighted by molar-refractivity contribution is -0.173. The molecule has 1 aliphatic heterocycles. The Balaban J connectivity index is 1.49. The summed E-state index contributed by atoms with van der Waals surface area (Å²) in [5.41, 5.74) is 1.34. The summed E-state index contributed by atoms with van der Waals surface area (Å²) in [6, 6.07) is 3.70. The molecule has 1 aliphatic carbocycles. The maximum Gasteiger partial charge on any atom is 0.410 e. The summed E-state index contributed by atoms with van der Waals surface area (Å²) in [5, 5.41) is 10.2. The van der Waals surface area contributed by atoms with Crippen LogP contribution in [0.4, 0.5) is 24.0 Å². The smallest absolute Gasteiger partial charge is 0.410 e. The van der Waals surface area contributed by atoms with Gasteiger partial charge in [-0.25, -0.2) is 9.48 Å². The van der Waals surface area contributed by atoms with E-state index in [1.165, 1.54) is 11.3 Å². The number of carbonyl (C=O) groups is 2. The summed E-state index contributed by atoms with van der Waals surface area (Å²) in [7, 11) is 0. The summed E-state index contributed by atoms with van der Waals surface area (Å²) in [4.78, 5) is 27.0. The van der Waals surface area contributed by atoms with E-state index in [1.54, 1.807) is 31.2 Å². The van der Waals surface area contributed by atoms with Crippen molar-refractivity contribution in [1.82, 2.24) is 9.78 Å². The number of thiophene rings is 1. The minimum absolute atomic E-state index is 0.110. The number of halogens is 5. The lowest BCUT2D eigenvalue weighted by Gasteiger charge is -2.33. The van der Waals surface area contributed by atoms with Crippen molar-refractivity contribution >= 4 is 57.2 Å². The van der Waals surface area contributed by atoms with E-state index < -0.39 is 30.1 Å². The van der Waals surface area contributed by atoms with Crippen LogP contribution < -0.4 is 10.6 Å². The van der Waals surface area contributed by atoms with Crippen molar-refractivity contribution in [2.24, 2.45) is 0 Å². The summed E-state index contributed by atoms with van der Waals surface area (Å²) in [6.45, 7) is 1.85. The summed E-state index contributed by atoms with van der Waals surface area (Å²) in [5.74, 6) is -1.48. The summed E-state index contributed by atoms with van der Waals surface area (Å²) in [6.07, 6.45) is -1.69. The van der Waals surface area contributed by atoms with Gasteiger partial charge >= 0.3 is 12.1 Å². The number of hydrogen-bond donors (Lipinski definition) is 2. The number of amides is 1. The zero-order valence-electron chi connectivity index (χ0n) is 20.1. The Hall–Kier alpha value is -2.76. The quantitative estimate of drug-likeness (QED) is 0.308. The van der Waals surface area contributed by atoms with Crippen molar-refractivity contribution in [3.63, 3.8) is 0 Å². The Morgan fingerprint density at radius 3 is 2.61 bits per heavy atom. The molecule has 1 aromatic carbocycles. The maximum absolute atomic E-state index is 14.1. The third kappa shape index (κ3) is 4.99. The standard InChI is InChI=1S/C25H23Cl2F3N4O3S/c1-2-37-24(36)18-14-5-3-4-6-16(14)38-23(18)32-22(35)20-19(27)21-31-15(12-7-9-13(26)10-8-12)11-17(25(28,29)30)34(21)33-20/h7-10,15,17,31H,2-6,11H2,1H3,(H,32,35)/t15-,17-/m0/s1. The van der Waals surface area contributed by atoms with Crippen molar-refractivity contribution in [2.75, 3.05) is 17.2 Å². The highest BCUT2D eigenvalue weighted by molar-refractivity contribution is 7.17. The number of ether oxygens (including phenoxy) is 1. The number of anilines is 2. The zero-order chi connectivity index (χ0) is 27.2. The molecule has 13 heteroatoms. The number of nitrogens with one attached hydrogen (secondary N) is 2. The van der Waals surface area contributed by atoms with Gasteiger partial charge < -0.3 is 15.4 Å². The van der Waals surface area contributed by atoms with Gasteiger partial charge in [0, 0.05) is 16.3 Å². The largest absolute Gasteiger partial charge is 0.462 e. The lowest BCUT2D eigenvalue weighted by atomic mass is 9.95. The molecule has 0 saturated carbocycles. The third-order valence-electron chi connectivity index (χ3n) is 6.66. The van der Waals surface area contributed by atoms with Gasteiger partial charge in [0.05, 0.1) is 18.2 Å². The van der Waals surface area contributed by atoms with E-state index >= 15 is 0 Å². The van der Waals surface area contributed by atoms with Crippen molar-refractivity contribution in [2.45, 2.75) is 57.3 Å². The molecule has 2 aromatic heterocycles. The molecule has 38 heavy (non-hydrogen) atoms. The molecule has 1 amide bonds. The van der Waals surface area contributed by atoms with E-state index in [9.17, 15) is 22.8 Å². The molecule has 0 radical (unpaired) electrons. The Morgan fingerprint density at radius 2 is 1.92 bits per heavy atom. The van der Waals surface area contributed by atoms with E-state index in [1.807, 2.05) is 0 Å². The van der Waals surface area contributed by atoms with E-state index in [4.69, 9.17) is 27.9 Å². The first kappa shape index (κ1) is 26.8. The van der Waals surface area contributed by atoms with Crippen molar-refractivity contribution < 1.29 is 27.5 Å². The SMILES string of the molecule is CCOC(=O)c1c(NC(=O)c2nn3c(c2Cl)N[C@H](c2ccc(Cl)cc2)C[C@H]3C(F)(F)F)sc2c1CCCC2. The Morgan fingerprint density at radius 1 is 1.21 bits per heavy atom. The van der Waals surface area contributed by atoms with Gasteiger partial charge in [-0.1, -0.05) is 35.3 Å². The highest BCUT2D eigenvalue weighted by Crippen LogP contribution is 2.46. The number of aromatic nitrogens is 2. The molecule has 7 nitrogen and oxygen atoms in total. The number of carbonyl (C=O) groups excluding carboxylic acids is 2. The van der Waals surface area contributed by atoms with Crippen LogP contribution in [0.5, 0.6) is 0 Å². The molecule has 0 fully saturated rings. The Kier molecular flexibility index (Phi) is 7.36. The number of fused-ring (bicyclic) bond motifs is 2. The Labute approximate surface area is 230 Å². The molecule has 3 heterocycles. The van der Waals surface area contributed by atoms with Crippen LogP contribution in [0.15, 0.2) is 24.3 Å². The average Bonchev–Trinajstić information content (AvgIpc) is 3.40. The molecule has 0 saturated heterocycles. The fraction of sp³-hybridized carbons (Fsp3) is 0.400. The predicted octanol–water partition coefficient (Wildman–Crippen LogP) is 7.22. The van der Waals surface area contributed by atoms with Crippen LogP contribution in [0.2, 0.25) is 10.0 Å².